The summed E-state index contributed by atoms with van der Waals surface area (Å²) in [5.74, 6) is 2.96. The van der Waals surface area contributed by atoms with E-state index in [0.717, 1.165) is 24.7 Å². The molecule has 2 fully saturated rings. The fourth-order valence-corrected chi connectivity index (χ4v) is 4.81. The topological polar surface area (TPSA) is 98.6 Å². The van der Waals surface area contributed by atoms with Crippen LogP contribution in [0.3, 0.4) is 0 Å². The summed E-state index contributed by atoms with van der Waals surface area (Å²) in [5, 5.41) is 0. The van der Waals surface area contributed by atoms with Crippen LogP contribution >= 0.6 is 0 Å². The minimum absolute atomic E-state index is 0.0688. The number of hydrogen-bond acceptors (Lipinski definition) is 6. The van der Waals surface area contributed by atoms with Gasteiger partial charge in [-0.25, -0.2) is 15.0 Å². The molecule has 140 valence electrons. The van der Waals surface area contributed by atoms with Gasteiger partial charge in [0.1, 0.15) is 5.82 Å². The number of aromatic amines is 1. The average molecular weight is 366 g/mol. The molecule has 3 atom stereocenters. The third-order valence-corrected chi connectivity index (χ3v) is 5.87. The van der Waals surface area contributed by atoms with Gasteiger partial charge in [0.2, 0.25) is 0 Å². The monoisotopic (exact) mass is 366 g/mol. The summed E-state index contributed by atoms with van der Waals surface area (Å²) in [6.45, 7) is 2.88. The Balaban J connectivity index is 1.58. The minimum Gasteiger partial charge on any atom is -0.390 e. The first-order valence-corrected chi connectivity index (χ1v) is 9.68. The number of aromatic nitrogens is 6. The van der Waals surface area contributed by atoms with Gasteiger partial charge >= 0.3 is 12.0 Å². The molecule has 2 saturated carbocycles. The average Bonchev–Trinajstić information content (AvgIpc) is 3.37. The van der Waals surface area contributed by atoms with Crippen LogP contribution in [0.25, 0.3) is 11.2 Å². The van der Waals surface area contributed by atoms with E-state index in [1.807, 2.05) is 0 Å². The highest BCUT2D eigenvalue weighted by molar-refractivity contribution is 5.71. The Hall–Kier alpha value is -2.77. The van der Waals surface area contributed by atoms with Gasteiger partial charge in [-0.05, 0) is 43.6 Å². The molecule has 2 aliphatic rings. The number of nitrogens with one attached hydrogen (secondary N) is 1. The van der Waals surface area contributed by atoms with E-state index in [2.05, 4.69) is 31.4 Å². The van der Waals surface area contributed by atoms with Crippen molar-refractivity contribution < 1.29 is 4.74 Å². The molecule has 5 rings (SSSR count). The lowest BCUT2D eigenvalue weighted by molar-refractivity contribution is 0.394. The molecular formula is C19H22N6O2. The SMILES string of the molecule is CCCn1c(C2CC3CCC2C3)nc2nc(Oc3ncccn3)[nH]c(=O)c21. The van der Waals surface area contributed by atoms with E-state index in [1.54, 1.807) is 18.5 Å². The van der Waals surface area contributed by atoms with Crippen molar-refractivity contribution in [3.8, 4) is 12.0 Å². The number of H-pyrrole nitrogens is 1. The Morgan fingerprint density at radius 2 is 2.07 bits per heavy atom. The maximum atomic E-state index is 12.8. The summed E-state index contributed by atoms with van der Waals surface area (Å²) in [5.41, 5.74) is 0.744. The maximum Gasteiger partial charge on any atom is 0.324 e. The Morgan fingerprint density at radius 1 is 1.22 bits per heavy atom. The Kier molecular flexibility index (Phi) is 3.91. The van der Waals surface area contributed by atoms with Crippen LogP contribution in [0.15, 0.2) is 23.3 Å². The van der Waals surface area contributed by atoms with Crippen molar-refractivity contribution in [1.29, 1.82) is 0 Å². The molecular weight excluding hydrogens is 344 g/mol. The smallest absolute Gasteiger partial charge is 0.324 e. The second kappa shape index (κ2) is 6.44. The molecule has 2 aliphatic carbocycles. The molecule has 0 radical (unpaired) electrons. The van der Waals surface area contributed by atoms with Crippen LogP contribution < -0.4 is 10.3 Å². The van der Waals surface area contributed by atoms with Crippen LogP contribution in [0.5, 0.6) is 12.0 Å². The summed E-state index contributed by atoms with van der Waals surface area (Å²) in [7, 11) is 0. The predicted octanol–water partition coefficient (Wildman–Crippen LogP) is 3.02. The second-order valence-corrected chi connectivity index (χ2v) is 7.58. The highest BCUT2D eigenvalue weighted by atomic mass is 16.5. The number of hydrogen-bond donors (Lipinski definition) is 1. The Bertz CT molecular complexity index is 1030. The first kappa shape index (κ1) is 16.4. The minimum atomic E-state index is -0.235. The maximum absolute atomic E-state index is 12.8. The van der Waals surface area contributed by atoms with Gasteiger partial charge in [-0.2, -0.15) is 4.98 Å². The van der Waals surface area contributed by atoms with Gasteiger partial charge in [0.25, 0.3) is 5.56 Å². The molecule has 3 aromatic rings. The van der Waals surface area contributed by atoms with Crippen molar-refractivity contribution in [2.75, 3.05) is 0 Å². The molecule has 1 N–H and O–H groups in total. The van der Waals surface area contributed by atoms with Crippen LogP contribution in [0.4, 0.5) is 0 Å². The number of fused-ring (bicyclic) bond motifs is 3. The number of aryl methyl sites for hydroxylation is 1. The summed E-state index contributed by atoms with van der Waals surface area (Å²) in [6.07, 6.45) is 9.16. The molecule has 0 aliphatic heterocycles. The van der Waals surface area contributed by atoms with E-state index in [9.17, 15) is 4.79 Å². The number of imidazole rings is 1. The molecule has 3 unspecified atom stereocenters. The standard InChI is InChI=1S/C19H22N6O2/c1-2-8-25-14-15(22-16(25)13-10-11-4-5-12(13)9-11)23-19(24-17(14)26)27-18-20-6-3-7-21-18/h3,6-7,11-13H,2,4-5,8-10H2,1H3,(H,23,24,26). The van der Waals surface area contributed by atoms with Crippen LogP contribution in [0.2, 0.25) is 0 Å². The second-order valence-electron chi connectivity index (χ2n) is 7.58. The van der Waals surface area contributed by atoms with E-state index >= 15 is 0 Å². The van der Waals surface area contributed by atoms with E-state index in [1.165, 1.54) is 25.7 Å². The van der Waals surface area contributed by atoms with E-state index in [-0.39, 0.29) is 17.6 Å². The molecule has 0 spiro atoms. The first-order valence-electron chi connectivity index (χ1n) is 9.68. The zero-order valence-corrected chi connectivity index (χ0v) is 15.3. The van der Waals surface area contributed by atoms with Crippen LogP contribution in [-0.2, 0) is 6.54 Å². The van der Waals surface area contributed by atoms with Gasteiger partial charge in [0, 0.05) is 24.9 Å². The number of rotatable bonds is 5. The molecule has 27 heavy (non-hydrogen) atoms. The van der Waals surface area contributed by atoms with Crippen LogP contribution in [0, 0.1) is 11.8 Å². The van der Waals surface area contributed by atoms with Crippen molar-refractivity contribution in [1.82, 2.24) is 29.5 Å². The highest BCUT2D eigenvalue weighted by Gasteiger charge is 2.42. The van der Waals surface area contributed by atoms with Gasteiger partial charge in [-0.1, -0.05) is 13.3 Å². The summed E-state index contributed by atoms with van der Waals surface area (Å²) < 4.78 is 7.59. The lowest BCUT2D eigenvalue weighted by Gasteiger charge is -2.22. The Morgan fingerprint density at radius 3 is 2.78 bits per heavy atom. The van der Waals surface area contributed by atoms with Crippen molar-refractivity contribution >= 4 is 11.2 Å². The molecule has 3 aromatic heterocycles. The van der Waals surface area contributed by atoms with Gasteiger partial charge in [-0.3, -0.25) is 9.78 Å². The van der Waals surface area contributed by atoms with E-state index in [0.29, 0.717) is 23.0 Å². The summed E-state index contributed by atoms with van der Waals surface area (Å²) in [6, 6.07) is 1.90. The number of ether oxygens (including phenoxy) is 1. The predicted molar refractivity (Wildman–Crippen MR) is 98.7 cm³/mol. The van der Waals surface area contributed by atoms with Gasteiger partial charge in [0.15, 0.2) is 11.2 Å². The van der Waals surface area contributed by atoms with Crippen molar-refractivity contribution in [3.05, 3.63) is 34.6 Å². The molecule has 8 nitrogen and oxygen atoms in total. The zero-order chi connectivity index (χ0) is 18.4. The molecule has 0 aromatic carbocycles. The third-order valence-electron chi connectivity index (χ3n) is 5.87. The van der Waals surface area contributed by atoms with Gasteiger partial charge in [-0.15, -0.1) is 0 Å². The zero-order valence-electron chi connectivity index (χ0n) is 15.3. The summed E-state index contributed by atoms with van der Waals surface area (Å²) >= 11 is 0. The highest BCUT2D eigenvalue weighted by Crippen LogP contribution is 2.52. The van der Waals surface area contributed by atoms with E-state index < -0.39 is 0 Å². The molecule has 0 amide bonds. The summed E-state index contributed by atoms with van der Waals surface area (Å²) in [4.78, 5) is 32.8. The van der Waals surface area contributed by atoms with Crippen molar-refractivity contribution in [3.63, 3.8) is 0 Å². The molecule has 3 heterocycles. The van der Waals surface area contributed by atoms with Crippen LogP contribution in [-0.4, -0.2) is 29.5 Å². The van der Waals surface area contributed by atoms with Crippen molar-refractivity contribution in [2.45, 2.75) is 51.5 Å². The first-order chi connectivity index (χ1) is 13.2. The normalized spacial score (nSPS) is 24.0. The molecule has 0 saturated heterocycles. The number of nitrogens with zero attached hydrogens (tertiary/aromatic N) is 5. The van der Waals surface area contributed by atoms with Gasteiger partial charge in [0.05, 0.1) is 0 Å². The lowest BCUT2D eigenvalue weighted by Crippen LogP contribution is -2.18. The largest absolute Gasteiger partial charge is 0.390 e. The Labute approximate surface area is 156 Å². The fourth-order valence-electron chi connectivity index (χ4n) is 4.81. The molecule has 8 heteroatoms. The molecule has 2 bridgehead atoms. The van der Waals surface area contributed by atoms with Gasteiger partial charge < -0.3 is 9.30 Å². The van der Waals surface area contributed by atoms with Crippen molar-refractivity contribution in [2.24, 2.45) is 11.8 Å². The third kappa shape index (κ3) is 2.79. The fraction of sp³-hybridized carbons (Fsp3) is 0.526. The lowest BCUT2D eigenvalue weighted by atomic mass is 9.88. The van der Waals surface area contributed by atoms with Crippen LogP contribution in [0.1, 0.15) is 50.8 Å². The quantitative estimate of drug-likeness (QED) is 0.745. The van der Waals surface area contributed by atoms with E-state index in [4.69, 9.17) is 9.72 Å².